The smallest absolute Gasteiger partial charge is 0.247 e. The Labute approximate surface area is 191 Å². The zero-order valence-electron chi connectivity index (χ0n) is 19.0. The average Bonchev–Trinajstić information content (AvgIpc) is 3.59. The van der Waals surface area contributed by atoms with Crippen LogP contribution in [0.3, 0.4) is 0 Å². The van der Waals surface area contributed by atoms with Gasteiger partial charge in [-0.05, 0) is 68.1 Å². The quantitative estimate of drug-likeness (QED) is 0.686. The van der Waals surface area contributed by atoms with E-state index in [-0.39, 0.29) is 23.5 Å². The third-order valence-corrected chi connectivity index (χ3v) is 8.46. The van der Waals surface area contributed by atoms with Crippen molar-refractivity contribution in [3.63, 3.8) is 0 Å². The van der Waals surface area contributed by atoms with E-state index in [9.17, 15) is 13.5 Å². The highest BCUT2D eigenvalue weighted by molar-refractivity contribution is 7.89. The van der Waals surface area contributed by atoms with Gasteiger partial charge in [0.25, 0.3) is 0 Å². The number of rotatable bonds is 7. The van der Waals surface area contributed by atoms with Gasteiger partial charge in [-0.2, -0.15) is 4.31 Å². The number of hydrogen-bond donors (Lipinski definition) is 1. The second-order valence-corrected chi connectivity index (χ2v) is 11.2. The highest BCUT2D eigenvalue weighted by Crippen LogP contribution is 2.37. The number of aliphatic hydroxyl groups is 1. The average molecular weight is 460 g/mol. The topological polar surface area (TPSA) is 83.0 Å². The van der Waals surface area contributed by atoms with Crippen LogP contribution in [0.2, 0.25) is 0 Å². The summed E-state index contributed by atoms with van der Waals surface area (Å²) >= 11 is 0. The summed E-state index contributed by atoms with van der Waals surface area (Å²) in [6.07, 6.45) is 5.82. The molecule has 1 fully saturated rings. The normalized spacial score (nSPS) is 24.3. The van der Waals surface area contributed by atoms with Crippen molar-refractivity contribution in [2.45, 2.75) is 43.7 Å². The Bertz CT molecular complexity index is 1030. The van der Waals surface area contributed by atoms with Crippen LogP contribution >= 0.6 is 0 Å². The van der Waals surface area contributed by atoms with Crippen molar-refractivity contribution in [1.29, 1.82) is 0 Å². The van der Waals surface area contributed by atoms with Gasteiger partial charge in [-0.1, -0.05) is 13.0 Å². The number of likely N-dealkylation sites (N-methyl/N-ethyl adjacent to an activating group) is 1. The summed E-state index contributed by atoms with van der Waals surface area (Å²) in [5.74, 6) is 1.09. The minimum absolute atomic E-state index is 0.0434. The van der Waals surface area contributed by atoms with E-state index in [1.54, 1.807) is 31.5 Å². The molecule has 0 amide bonds. The minimum Gasteiger partial charge on any atom is -0.487 e. The fourth-order valence-electron chi connectivity index (χ4n) is 4.29. The molecule has 1 aliphatic heterocycles. The van der Waals surface area contributed by atoms with Crippen molar-refractivity contribution < 1.29 is 18.3 Å². The lowest BCUT2D eigenvalue weighted by Crippen LogP contribution is -2.49. The molecule has 0 unspecified atom stereocenters. The molecule has 1 saturated carbocycles. The number of aromatic nitrogens is 1. The number of sulfonamides is 1. The Morgan fingerprint density at radius 2 is 1.91 bits per heavy atom. The molecule has 7 nitrogen and oxygen atoms in total. The van der Waals surface area contributed by atoms with E-state index in [4.69, 9.17) is 4.74 Å². The second kappa shape index (κ2) is 9.47. The zero-order valence-corrected chi connectivity index (χ0v) is 19.8. The predicted octanol–water partition coefficient (Wildman–Crippen LogP) is 2.86. The largest absolute Gasteiger partial charge is 0.487 e. The highest BCUT2D eigenvalue weighted by atomic mass is 32.2. The van der Waals surface area contributed by atoms with Gasteiger partial charge in [-0.3, -0.25) is 4.98 Å². The van der Waals surface area contributed by atoms with Crippen molar-refractivity contribution in [3.8, 4) is 16.9 Å². The lowest BCUT2D eigenvalue weighted by atomic mass is 10.0. The van der Waals surface area contributed by atoms with Crippen LogP contribution in [0.4, 0.5) is 0 Å². The summed E-state index contributed by atoms with van der Waals surface area (Å²) < 4.78 is 35.0. The summed E-state index contributed by atoms with van der Waals surface area (Å²) in [7, 11) is -1.72. The van der Waals surface area contributed by atoms with E-state index in [0.717, 1.165) is 30.1 Å². The first-order valence-corrected chi connectivity index (χ1v) is 12.8. The fourth-order valence-corrected chi connectivity index (χ4v) is 6.12. The van der Waals surface area contributed by atoms with Gasteiger partial charge in [0, 0.05) is 44.0 Å². The van der Waals surface area contributed by atoms with Crippen LogP contribution in [-0.4, -0.2) is 73.1 Å². The van der Waals surface area contributed by atoms with Gasteiger partial charge < -0.3 is 14.7 Å². The van der Waals surface area contributed by atoms with E-state index >= 15 is 0 Å². The Morgan fingerprint density at radius 1 is 1.19 bits per heavy atom. The van der Waals surface area contributed by atoms with Crippen molar-refractivity contribution in [2.24, 2.45) is 11.8 Å². The number of nitrogens with zero attached hydrogens (tertiary/aromatic N) is 3. The number of ether oxygens (including phenoxy) is 1. The number of aliphatic hydroxyl groups excluding tert-OH is 1. The van der Waals surface area contributed by atoms with Gasteiger partial charge in [0.15, 0.2) is 0 Å². The third kappa shape index (κ3) is 4.98. The maximum atomic E-state index is 13.6. The molecule has 0 saturated heterocycles. The number of pyridine rings is 1. The summed E-state index contributed by atoms with van der Waals surface area (Å²) in [5.41, 5.74) is 1.82. The summed E-state index contributed by atoms with van der Waals surface area (Å²) in [5, 5.41) is 9.77. The molecule has 2 aliphatic rings. The molecule has 8 heteroatoms. The summed E-state index contributed by atoms with van der Waals surface area (Å²) in [6.45, 7) is 5.59. The van der Waals surface area contributed by atoms with Gasteiger partial charge in [-0.15, -0.1) is 0 Å². The van der Waals surface area contributed by atoms with E-state index in [0.29, 0.717) is 12.3 Å². The first-order valence-electron chi connectivity index (χ1n) is 11.3. The maximum Gasteiger partial charge on any atom is 0.247 e. The van der Waals surface area contributed by atoms with Gasteiger partial charge in [0.1, 0.15) is 16.7 Å². The summed E-state index contributed by atoms with van der Waals surface area (Å²) in [6, 6.07) is 8.51. The van der Waals surface area contributed by atoms with Crippen LogP contribution in [0.5, 0.6) is 5.75 Å². The Morgan fingerprint density at radius 3 is 2.56 bits per heavy atom. The van der Waals surface area contributed by atoms with Gasteiger partial charge in [0.05, 0.1) is 6.61 Å². The van der Waals surface area contributed by atoms with E-state index < -0.39 is 16.1 Å². The Hall–Kier alpha value is -2.00. The molecule has 2 heterocycles. The SMILES string of the molecule is C[C@@H]1CN([C@H](C)CO)S(=O)(=O)c2ccc(-c3ccncc3)cc2O[C@@H]1CN(C)CC1CC1. The van der Waals surface area contributed by atoms with E-state index in [1.807, 2.05) is 25.1 Å². The van der Waals surface area contributed by atoms with Gasteiger partial charge in [-0.25, -0.2) is 8.42 Å². The highest BCUT2D eigenvalue weighted by Gasteiger charge is 2.38. The van der Waals surface area contributed by atoms with Crippen molar-refractivity contribution in [2.75, 3.05) is 33.3 Å². The minimum atomic E-state index is -3.82. The first kappa shape index (κ1) is 23.2. The van der Waals surface area contributed by atoms with Crippen LogP contribution < -0.4 is 4.74 Å². The van der Waals surface area contributed by atoms with E-state index in [2.05, 4.69) is 16.9 Å². The third-order valence-electron chi connectivity index (χ3n) is 6.44. The predicted molar refractivity (Wildman–Crippen MR) is 124 cm³/mol. The van der Waals surface area contributed by atoms with Crippen LogP contribution in [0.1, 0.15) is 26.7 Å². The number of benzene rings is 1. The molecule has 1 aromatic heterocycles. The van der Waals surface area contributed by atoms with Crippen molar-refractivity contribution in [1.82, 2.24) is 14.2 Å². The molecular formula is C24H33N3O4S. The molecule has 1 aliphatic carbocycles. The standard InChI is InChI=1S/C24H33N3O4S/c1-17-13-27(18(2)16-28)32(29,30)24-7-6-21(20-8-10-25-11-9-20)12-22(24)31-23(17)15-26(3)14-19-4-5-19/h6-12,17-19,23,28H,4-5,13-16H2,1-3H3/t17-,18-,23-/m1/s1. The maximum absolute atomic E-state index is 13.6. The van der Waals surface area contributed by atoms with Gasteiger partial charge >= 0.3 is 0 Å². The molecule has 4 rings (SSSR count). The lowest BCUT2D eigenvalue weighted by molar-refractivity contribution is 0.0741. The Kier molecular flexibility index (Phi) is 6.86. The molecule has 1 aromatic carbocycles. The molecule has 0 bridgehead atoms. The Balaban J connectivity index is 1.74. The molecule has 0 radical (unpaired) electrons. The second-order valence-electron chi connectivity index (χ2n) is 9.30. The van der Waals surface area contributed by atoms with Crippen LogP contribution in [0, 0.1) is 11.8 Å². The molecule has 174 valence electrons. The molecule has 3 atom stereocenters. The van der Waals surface area contributed by atoms with Gasteiger partial charge in [0.2, 0.25) is 10.0 Å². The van der Waals surface area contributed by atoms with Crippen molar-refractivity contribution >= 4 is 10.0 Å². The summed E-state index contributed by atoms with van der Waals surface area (Å²) in [4.78, 5) is 6.51. The molecule has 2 aromatic rings. The zero-order chi connectivity index (χ0) is 22.9. The number of hydrogen-bond acceptors (Lipinski definition) is 6. The number of fused-ring (bicyclic) bond motifs is 1. The van der Waals surface area contributed by atoms with Crippen LogP contribution in [-0.2, 0) is 10.0 Å². The fraction of sp³-hybridized carbons (Fsp3) is 0.542. The molecule has 1 N–H and O–H groups in total. The van der Waals surface area contributed by atoms with Crippen molar-refractivity contribution in [3.05, 3.63) is 42.7 Å². The van der Waals surface area contributed by atoms with Crippen LogP contribution in [0.25, 0.3) is 11.1 Å². The molecule has 32 heavy (non-hydrogen) atoms. The first-order chi connectivity index (χ1) is 15.3. The van der Waals surface area contributed by atoms with E-state index in [1.165, 1.54) is 17.1 Å². The molecule has 0 spiro atoms. The lowest BCUT2D eigenvalue weighted by Gasteiger charge is -2.37. The van der Waals surface area contributed by atoms with Crippen LogP contribution in [0.15, 0.2) is 47.6 Å². The monoisotopic (exact) mass is 459 g/mol. The molecular weight excluding hydrogens is 426 g/mol.